The van der Waals surface area contributed by atoms with Crippen LogP contribution in [0.4, 0.5) is 0 Å². The van der Waals surface area contributed by atoms with Crippen molar-refractivity contribution in [2.75, 3.05) is 13.2 Å². The summed E-state index contributed by atoms with van der Waals surface area (Å²) in [5, 5.41) is 10.2. The zero-order valence-electron chi connectivity index (χ0n) is 14.2. The third-order valence-corrected chi connectivity index (χ3v) is 5.13. The van der Waals surface area contributed by atoms with E-state index in [-0.39, 0.29) is 25.0 Å². The normalized spacial score (nSPS) is 21.3. The Kier molecular flexibility index (Phi) is 4.90. The van der Waals surface area contributed by atoms with Crippen molar-refractivity contribution in [1.82, 2.24) is 4.90 Å². The highest BCUT2D eigenvalue weighted by atomic mass is 16.5. The number of carbonyl (C=O) groups is 2. The Morgan fingerprint density at radius 2 is 2.00 bits per heavy atom. The van der Waals surface area contributed by atoms with E-state index in [1.54, 1.807) is 0 Å². The van der Waals surface area contributed by atoms with Gasteiger partial charge in [0.05, 0.1) is 12.0 Å². The summed E-state index contributed by atoms with van der Waals surface area (Å²) < 4.78 is 5.57. The Balaban J connectivity index is 1.57. The summed E-state index contributed by atoms with van der Waals surface area (Å²) in [7, 11) is 0. The molecule has 2 aliphatic rings. The van der Waals surface area contributed by atoms with Crippen LogP contribution in [0, 0.1) is 12.3 Å². The van der Waals surface area contributed by atoms with Crippen molar-refractivity contribution in [1.29, 1.82) is 0 Å². The molecule has 1 heterocycles. The van der Waals surface area contributed by atoms with Crippen LogP contribution in [0.5, 0.6) is 5.75 Å². The first kappa shape index (κ1) is 17.0. The Hall–Kier alpha value is -1.88. The lowest BCUT2D eigenvalue weighted by atomic mass is 9.73. The number of amides is 2. The van der Waals surface area contributed by atoms with E-state index >= 15 is 0 Å². The molecular weight excluding hydrogens is 306 g/mol. The first-order chi connectivity index (χ1) is 11.5. The van der Waals surface area contributed by atoms with Gasteiger partial charge in [0.1, 0.15) is 18.5 Å². The summed E-state index contributed by atoms with van der Waals surface area (Å²) in [6.45, 7) is 2.05. The van der Waals surface area contributed by atoms with Crippen LogP contribution in [0.3, 0.4) is 0 Å². The fraction of sp³-hybridized carbons (Fsp3) is 0.579. The zero-order valence-corrected chi connectivity index (χ0v) is 14.2. The molecule has 1 spiro atoms. The summed E-state index contributed by atoms with van der Waals surface area (Å²) in [6, 6.07) is 7.56. The minimum Gasteiger partial charge on any atom is -0.491 e. The van der Waals surface area contributed by atoms with Gasteiger partial charge in [-0.3, -0.25) is 14.5 Å². The number of hydrogen-bond acceptors (Lipinski definition) is 4. The molecule has 0 aromatic heterocycles. The van der Waals surface area contributed by atoms with E-state index in [1.165, 1.54) is 4.90 Å². The van der Waals surface area contributed by atoms with E-state index in [4.69, 9.17) is 4.74 Å². The van der Waals surface area contributed by atoms with Crippen molar-refractivity contribution in [2.45, 2.75) is 51.6 Å². The van der Waals surface area contributed by atoms with Gasteiger partial charge >= 0.3 is 0 Å². The van der Waals surface area contributed by atoms with Crippen LogP contribution in [0.1, 0.15) is 44.1 Å². The van der Waals surface area contributed by atoms with Crippen LogP contribution in [-0.4, -0.2) is 41.1 Å². The maximum atomic E-state index is 12.7. The van der Waals surface area contributed by atoms with Gasteiger partial charge in [-0.25, -0.2) is 0 Å². The number of aliphatic hydroxyl groups is 1. The Bertz CT molecular complexity index is 622. The van der Waals surface area contributed by atoms with Crippen LogP contribution in [0.2, 0.25) is 0 Å². The molecule has 1 aromatic rings. The molecule has 1 saturated heterocycles. The summed E-state index contributed by atoms with van der Waals surface area (Å²) in [5.74, 6) is 0.426. The maximum absolute atomic E-state index is 12.7. The number of nitrogens with zero attached hydrogens (tertiary/aromatic N) is 1. The van der Waals surface area contributed by atoms with Crippen molar-refractivity contribution < 1.29 is 19.4 Å². The molecule has 1 aromatic carbocycles. The molecule has 0 radical (unpaired) electrons. The van der Waals surface area contributed by atoms with Gasteiger partial charge in [-0.15, -0.1) is 0 Å². The van der Waals surface area contributed by atoms with E-state index in [0.717, 1.165) is 37.7 Å². The number of hydrogen-bond donors (Lipinski definition) is 1. The molecule has 1 atom stereocenters. The van der Waals surface area contributed by atoms with E-state index in [1.807, 2.05) is 31.2 Å². The van der Waals surface area contributed by atoms with Gasteiger partial charge in [-0.05, 0) is 37.5 Å². The molecule has 2 fully saturated rings. The van der Waals surface area contributed by atoms with Crippen molar-refractivity contribution in [3.05, 3.63) is 29.8 Å². The lowest BCUT2D eigenvalue weighted by Crippen LogP contribution is -2.42. The monoisotopic (exact) mass is 331 g/mol. The van der Waals surface area contributed by atoms with Gasteiger partial charge in [-0.1, -0.05) is 31.4 Å². The Labute approximate surface area is 142 Å². The smallest absolute Gasteiger partial charge is 0.235 e. The lowest BCUT2D eigenvalue weighted by Gasteiger charge is -2.30. The zero-order chi connectivity index (χ0) is 17.2. The Morgan fingerprint density at radius 1 is 1.25 bits per heavy atom. The summed E-state index contributed by atoms with van der Waals surface area (Å²) in [5.41, 5.74) is 0.582. The summed E-state index contributed by atoms with van der Waals surface area (Å²) in [6.07, 6.45) is 4.16. The third-order valence-electron chi connectivity index (χ3n) is 5.13. The van der Waals surface area contributed by atoms with Gasteiger partial charge < -0.3 is 9.84 Å². The first-order valence-corrected chi connectivity index (χ1v) is 8.72. The minimum absolute atomic E-state index is 0.0191. The number of aryl methyl sites for hydroxylation is 1. The van der Waals surface area contributed by atoms with E-state index in [9.17, 15) is 14.7 Å². The molecule has 3 rings (SSSR count). The second kappa shape index (κ2) is 6.93. The molecule has 1 N–H and O–H groups in total. The largest absolute Gasteiger partial charge is 0.491 e. The highest BCUT2D eigenvalue weighted by Crippen LogP contribution is 2.45. The number of likely N-dealkylation sites (tertiary alicyclic amines) is 1. The van der Waals surface area contributed by atoms with Crippen molar-refractivity contribution >= 4 is 11.8 Å². The van der Waals surface area contributed by atoms with Crippen LogP contribution < -0.4 is 4.74 Å². The predicted octanol–water partition coefficient (Wildman–Crippen LogP) is 2.44. The summed E-state index contributed by atoms with van der Waals surface area (Å²) in [4.78, 5) is 26.2. The summed E-state index contributed by atoms with van der Waals surface area (Å²) >= 11 is 0. The number of imide groups is 1. The van der Waals surface area contributed by atoms with E-state index in [2.05, 4.69) is 0 Å². The van der Waals surface area contributed by atoms with E-state index < -0.39 is 11.5 Å². The van der Waals surface area contributed by atoms with Gasteiger partial charge in [0.2, 0.25) is 11.8 Å². The van der Waals surface area contributed by atoms with Crippen molar-refractivity contribution in [3.8, 4) is 5.75 Å². The molecule has 130 valence electrons. The van der Waals surface area contributed by atoms with Crippen molar-refractivity contribution in [2.24, 2.45) is 5.41 Å². The molecule has 0 unspecified atom stereocenters. The Morgan fingerprint density at radius 3 is 2.71 bits per heavy atom. The standard InChI is InChI=1S/C19H25NO4/c1-14-6-5-7-16(10-14)24-13-15(21)12-20-17(22)11-19(18(20)23)8-3-2-4-9-19/h5-7,10,15,21H,2-4,8-9,11-13H2,1H3/t15-/m1/s1. The second-order valence-electron chi connectivity index (χ2n) is 7.11. The number of aliphatic hydroxyl groups excluding tert-OH is 1. The SMILES string of the molecule is Cc1cccc(OC[C@H](O)CN2C(=O)CC3(CCCCC3)C2=O)c1. The van der Waals surface area contributed by atoms with Gasteiger partial charge in [0.15, 0.2) is 0 Å². The van der Waals surface area contributed by atoms with Crippen molar-refractivity contribution in [3.63, 3.8) is 0 Å². The van der Waals surface area contributed by atoms with Crippen LogP contribution in [-0.2, 0) is 9.59 Å². The highest BCUT2D eigenvalue weighted by Gasteiger charge is 2.51. The second-order valence-corrected chi connectivity index (χ2v) is 7.11. The third kappa shape index (κ3) is 3.46. The maximum Gasteiger partial charge on any atom is 0.235 e. The quantitative estimate of drug-likeness (QED) is 0.842. The molecule has 5 nitrogen and oxygen atoms in total. The number of β-amino-alcohol motifs (C(OH)–C–C–N with tert-alkyl or cyclic N) is 1. The minimum atomic E-state index is -0.878. The molecule has 0 bridgehead atoms. The predicted molar refractivity (Wildman–Crippen MR) is 89.5 cm³/mol. The average Bonchev–Trinajstić information content (AvgIpc) is 2.78. The lowest BCUT2D eigenvalue weighted by molar-refractivity contribution is -0.144. The van der Waals surface area contributed by atoms with Crippen LogP contribution in [0.15, 0.2) is 24.3 Å². The first-order valence-electron chi connectivity index (χ1n) is 8.72. The topological polar surface area (TPSA) is 66.8 Å². The molecule has 24 heavy (non-hydrogen) atoms. The number of rotatable bonds is 5. The fourth-order valence-electron chi connectivity index (χ4n) is 3.82. The molecule has 2 amide bonds. The number of carbonyl (C=O) groups excluding carboxylic acids is 2. The molecule has 5 heteroatoms. The van der Waals surface area contributed by atoms with Crippen LogP contribution in [0.25, 0.3) is 0 Å². The van der Waals surface area contributed by atoms with Crippen LogP contribution >= 0.6 is 0 Å². The van der Waals surface area contributed by atoms with Gasteiger partial charge in [0, 0.05) is 6.42 Å². The molecule has 1 aliphatic heterocycles. The average molecular weight is 331 g/mol. The fourth-order valence-corrected chi connectivity index (χ4v) is 3.82. The number of ether oxygens (including phenoxy) is 1. The number of benzene rings is 1. The van der Waals surface area contributed by atoms with E-state index in [0.29, 0.717) is 12.2 Å². The molecular formula is C19H25NO4. The molecule has 1 aliphatic carbocycles. The highest BCUT2D eigenvalue weighted by molar-refractivity contribution is 6.05. The van der Waals surface area contributed by atoms with Gasteiger partial charge in [-0.2, -0.15) is 0 Å². The van der Waals surface area contributed by atoms with Gasteiger partial charge in [0.25, 0.3) is 0 Å². The molecule has 1 saturated carbocycles.